The fourth-order valence-corrected chi connectivity index (χ4v) is 2.36. The number of aromatic nitrogens is 5. The Morgan fingerprint density at radius 3 is 2.75 bits per heavy atom. The van der Waals surface area contributed by atoms with Crippen molar-refractivity contribution in [2.24, 2.45) is 0 Å². The molecule has 0 radical (unpaired) electrons. The van der Waals surface area contributed by atoms with E-state index in [2.05, 4.69) is 15.2 Å². The predicted octanol–water partition coefficient (Wildman–Crippen LogP) is 1.78. The molecule has 3 aromatic rings. The number of pyridine rings is 1. The van der Waals surface area contributed by atoms with Gasteiger partial charge in [-0.2, -0.15) is 10.2 Å². The molecule has 0 atom stereocenters. The van der Waals surface area contributed by atoms with Gasteiger partial charge in [0.1, 0.15) is 16.9 Å². The molecule has 0 saturated heterocycles. The maximum absolute atomic E-state index is 11.3. The highest BCUT2D eigenvalue weighted by atomic mass is 16.5. The van der Waals surface area contributed by atoms with Crippen LogP contribution in [0.5, 0.6) is 0 Å². The Balaban J connectivity index is 2.10. The lowest BCUT2D eigenvalue weighted by atomic mass is 10.2. The number of carbonyl (C=O) groups is 1. The van der Waals surface area contributed by atoms with Crippen molar-refractivity contribution in [2.45, 2.75) is 13.5 Å². The average Bonchev–Trinajstić information content (AvgIpc) is 3.17. The van der Waals surface area contributed by atoms with Crippen LogP contribution in [0.15, 0.2) is 36.8 Å². The van der Waals surface area contributed by atoms with Crippen molar-refractivity contribution in [3.05, 3.63) is 48.0 Å². The second-order valence-corrected chi connectivity index (χ2v) is 5.21. The molecule has 0 spiro atoms. The normalized spacial score (nSPS) is 10.9. The van der Waals surface area contributed by atoms with Crippen LogP contribution in [-0.2, 0) is 11.3 Å². The number of methoxy groups -OCH3 is 1. The standard InChI is InChI=1S/C16H17N5O3/c1-11-12(16(22)23)9-21(18-11)14-10-20(7-8-24-2)19-15(14)13-5-3-4-6-17-13/h3-6,9-10H,7-8H2,1-2H3,(H,22,23). The van der Waals surface area contributed by atoms with Gasteiger partial charge in [0.2, 0.25) is 0 Å². The topological polar surface area (TPSA) is 95.1 Å². The van der Waals surface area contributed by atoms with Crippen LogP contribution in [-0.4, -0.2) is 49.3 Å². The average molecular weight is 327 g/mol. The minimum atomic E-state index is -1.01. The van der Waals surface area contributed by atoms with Gasteiger partial charge in [-0.3, -0.25) is 9.67 Å². The van der Waals surface area contributed by atoms with Crippen molar-refractivity contribution < 1.29 is 14.6 Å². The Kier molecular flexibility index (Phi) is 4.39. The predicted molar refractivity (Wildman–Crippen MR) is 86.2 cm³/mol. The van der Waals surface area contributed by atoms with E-state index in [1.165, 1.54) is 10.9 Å². The van der Waals surface area contributed by atoms with Crippen molar-refractivity contribution in [3.8, 4) is 17.1 Å². The van der Waals surface area contributed by atoms with Crippen LogP contribution < -0.4 is 0 Å². The third-order valence-corrected chi connectivity index (χ3v) is 3.55. The molecule has 0 aliphatic rings. The van der Waals surface area contributed by atoms with Crippen molar-refractivity contribution in [3.63, 3.8) is 0 Å². The first-order valence-corrected chi connectivity index (χ1v) is 7.38. The van der Waals surface area contributed by atoms with E-state index < -0.39 is 5.97 Å². The third-order valence-electron chi connectivity index (χ3n) is 3.55. The summed E-state index contributed by atoms with van der Waals surface area (Å²) in [7, 11) is 1.63. The lowest BCUT2D eigenvalue weighted by molar-refractivity contribution is 0.0696. The smallest absolute Gasteiger partial charge is 0.339 e. The molecule has 124 valence electrons. The van der Waals surface area contributed by atoms with Crippen LogP contribution in [0.4, 0.5) is 0 Å². The lowest BCUT2D eigenvalue weighted by Crippen LogP contribution is -2.04. The lowest BCUT2D eigenvalue weighted by Gasteiger charge is -2.01. The summed E-state index contributed by atoms with van der Waals surface area (Å²) in [5.74, 6) is -1.01. The molecule has 3 aromatic heterocycles. The first kappa shape index (κ1) is 15.9. The van der Waals surface area contributed by atoms with Gasteiger partial charge in [-0.05, 0) is 19.1 Å². The summed E-state index contributed by atoms with van der Waals surface area (Å²) in [5, 5.41) is 18.1. The minimum Gasteiger partial charge on any atom is -0.478 e. The molecule has 0 aromatic carbocycles. The summed E-state index contributed by atoms with van der Waals surface area (Å²) in [6.45, 7) is 2.75. The number of hydrogen-bond donors (Lipinski definition) is 1. The van der Waals surface area contributed by atoms with Crippen molar-refractivity contribution in [1.82, 2.24) is 24.5 Å². The van der Waals surface area contributed by atoms with E-state index in [1.54, 1.807) is 31.1 Å². The fraction of sp³-hybridized carbons (Fsp3) is 0.250. The number of nitrogens with zero attached hydrogens (tertiary/aromatic N) is 5. The highest BCUT2D eigenvalue weighted by molar-refractivity contribution is 5.88. The van der Waals surface area contributed by atoms with Gasteiger partial charge < -0.3 is 9.84 Å². The van der Waals surface area contributed by atoms with Crippen LogP contribution in [0.1, 0.15) is 16.1 Å². The molecule has 0 aliphatic carbocycles. The number of aryl methyl sites for hydroxylation is 1. The molecular formula is C16H17N5O3. The van der Waals surface area contributed by atoms with Crippen molar-refractivity contribution in [2.75, 3.05) is 13.7 Å². The second kappa shape index (κ2) is 6.63. The minimum absolute atomic E-state index is 0.159. The largest absolute Gasteiger partial charge is 0.478 e. The van der Waals surface area contributed by atoms with E-state index in [0.717, 1.165) is 0 Å². The van der Waals surface area contributed by atoms with Crippen LogP contribution >= 0.6 is 0 Å². The number of ether oxygens (including phenoxy) is 1. The molecule has 0 fully saturated rings. The highest BCUT2D eigenvalue weighted by Gasteiger charge is 2.18. The van der Waals surface area contributed by atoms with E-state index >= 15 is 0 Å². The summed E-state index contributed by atoms with van der Waals surface area (Å²) in [4.78, 5) is 15.6. The third kappa shape index (κ3) is 3.04. The monoisotopic (exact) mass is 327 g/mol. The van der Waals surface area contributed by atoms with Gasteiger partial charge in [0.25, 0.3) is 0 Å². The molecule has 24 heavy (non-hydrogen) atoms. The van der Waals surface area contributed by atoms with Crippen LogP contribution in [0.2, 0.25) is 0 Å². The van der Waals surface area contributed by atoms with E-state index in [1.807, 2.05) is 18.2 Å². The first-order chi connectivity index (χ1) is 11.6. The van der Waals surface area contributed by atoms with Gasteiger partial charge in [0.05, 0.1) is 30.7 Å². The number of hydrogen-bond acceptors (Lipinski definition) is 5. The van der Waals surface area contributed by atoms with E-state index in [4.69, 9.17) is 4.74 Å². The Morgan fingerprint density at radius 1 is 1.29 bits per heavy atom. The van der Waals surface area contributed by atoms with Gasteiger partial charge in [-0.25, -0.2) is 9.48 Å². The maximum atomic E-state index is 11.3. The van der Waals surface area contributed by atoms with Gasteiger partial charge in [-0.15, -0.1) is 0 Å². The summed E-state index contributed by atoms with van der Waals surface area (Å²) >= 11 is 0. The molecule has 0 bridgehead atoms. The molecule has 3 rings (SSSR count). The Morgan fingerprint density at radius 2 is 2.12 bits per heavy atom. The van der Waals surface area contributed by atoms with Gasteiger partial charge in [0.15, 0.2) is 0 Å². The Bertz CT molecular complexity index is 854. The van der Waals surface area contributed by atoms with E-state index in [-0.39, 0.29) is 5.56 Å². The number of carboxylic acids is 1. The molecule has 0 aliphatic heterocycles. The fourth-order valence-electron chi connectivity index (χ4n) is 2.36. The van der Waals surface area contributed by atoms with Gasteiger partial charge >= 0.3 is 5.97 Å². The molecule has 0 unspecified atom stereocenters. The van der Waals surface area contributed by atoms with Gasteiger partial charge in [-0.1, -0.05) is 6.07 Å². The first-order valence-electron chi connectivity index (χ1n) is 7.38. The van der Waals surface area contributed by atoms with E-state index in [0.29, 0.717) is 35.9 Å². The zero-order valence-corrected chi connectivity index (χ0v) is 13.4. The Labute approximate surface area is 138 Å². The quantitative estimate of drug-likeness (QED) is 0.741. The number of rotatable bonds is 6. The summed E-state index contributed by atoms with van der Waals surface area (Å²) < 4.78 is 8.35. The zero-order valence-electron chi connectivity index (χ0n) is 13.4. The summed E-state index contributed by atoms with van der Waals surface area (Å²) in [6, 6.07) is 5.55. The van der Waals surface area contributed by atoms with Crippen molar-refractivity contribution >= 4 is 5.97 Å². The number of carboxylic acid groups (broad SMARTS) is 1. The van der Waals surface area contributed by atoms with Crippen LogP contribution in [0.25, 0.3) is 17.1 Å². The summed E-state index contributed by atoms with van der Waals surface area (Å²) in [5.41, 5.74) is 2.59. The van der Waals surface area contributed by atoms with Gasteiger partial charge in [0, 0.05) is 19.5 Å². The summed E-state index contributed by atoms with van der Waals surface area (Å²) in [6.07, 6.45) is 4.98. The second-order valence-electron chi connectivity index (χ2n) is 5.21. The van der Waals surface area contributed by atoms with Crippen LogP contribution in [0, 0.1) is 6.92 Å². The SMILES string of the molecule is COCCn1cc(-n2cc(C(=O)O)c(C)n2)c(-c2ccccn2)n1. The highest BCUT2D eigenvalue weighted by Crippen LogP contribution is 2.24. The Hall–Kier alpha value is -3.00. The molecule has 1 N–H and O–H groups in total. The molecule has 3 heterocycles. The van der Waals surface area contributed by atoms with E-state index in [9.17, 15) is 9.90 Å². The zero-order chi connectivity index (χ0) is 17.1. The molecular weight excluding hydrogens is 310 g/mol. The number of aromatic carboxylic acids is 1. The molecule has 8 heteroatoms. The molecule has 8 nitrogen and oxygen atoms in total. The molecule has 0 saturated carbocycles. The molecule has 0 amide bonds. The van der Waals surface area contributed by atoms with Crippen LogP contribution in [0.3, 0.4) is 0 Å². The maximum Gasteiger partial charge on any atom is 0.339 e. The van der Waals surface area contributed by atoms with Crippen molar-refractivity contribution in [1.29, 1.82) is 0 Å².